The highest BCUT2D eigenvalue weighted by Gasteiger charge is 2.22. The maximum atomic E-state index is 12.5. The first-order chi connectivity index (χ1) is 19.2. The third-order valence-corrected chi connectivity index (χ3v) is 6.80. The molecule has 0 radical (unpaired) electrons. The van der Waals surface area contributed by atoms with Crippen molar-refractivity contribution < 1.29 is 9.53 Å². The van der Waals surface area contributed by atoms with E-state index in [2.05, 4.69) is 43.9 Å². The topological polar surface area (TPSA) is 29.5 Å². The Hall–Kier alpha value is -2.13. The first-order valence-electron chi connectivity index (χ1n) is 16.2. The lowest BCUT2D eigenvalue weighted by Crippen LogP contribution is -2.38. The van der Waals surface area contributed by atoms with Crippen molar-refractivity contribution in [3.8, 4) is 11.1 Å². The van der Waals surface area contributed by atoms with E-state index in [0.717, 1.165) is 42.6 Å². The number of likely N-dealkylation sites (tertiary alicyclic amines) is 1. The summed E-state index contributed by atoms with van der Waals surface area (Å²) in [4.78, 5) is 15.0. The normalized spacial score (nSPS) is 13.1. The van der Waals surface area contributed by atoms with Crippen LogP contribution in [0.2, 0.25) is 0 Å². The lowest BCUT2D eigenvalue weighted by Gasteiger charge is -2.31. The zero-order valence-corrected chi connectivity index (χ0v) is 26.6. The molecule has 39 heavy (non-hydrogen) atoms. The van der Waals surface area contributed by atoms with E-state index < -0.39 is 0 Å². The maximum Gasteiger partial charge on any atom is 0.310 e. The molecule has 1 saturated heterocycles. The van der Waals surface area contributed by atoms with Crippen molar-refractivity contribution in [2.24, 2.45) is 0 Å². The quantitative estimate of drug-likeness (QED) is 0.187. The van der Waals surface area contributed by atoms with E-state index in [4.69, 9.17) is 4.74 Å². The van der Waals surface area contributed by atoms with Crippen LogP contribution in [-0.2, 0) is 16.0 Å². The third kappa shape index (κ3) is 17.2. The Balaban J connectivity index is 0.000000940. The molecule has 0 unspecified atom stereocenters. The Labute approximate surface area is 242 Å². The van der Waals surface area contributed by atoms with Crippen LogP contribution in [0.1, 0.15) is 125 Å². The summed E-state index contributed by atoms with van der Waals surface area (Å²) < 4.78 is 5.77. The molecule has 0 spiro atoms. The fraction of sp³-hybridized carbons (Fsp3) is 0.639. The molecule has 2 aromatic rings. The molecule has 0 aliphatic carbocycles. The minimum absolute atomic E-state index is 0.0734. The Morgan fingerprint density at radius 3 is 1.79 bits per heavy atom. The summed E-state index contributed by atoms with van der Waals surface area (Å²) in [6.45, 7) is 18.0. The number of nitrogens with zero attached hydrogens (tertiary/aromatic N) is 1. The van der Waals surface area contributed by atoms with Crippen molar-refractivity contribution in [3.05, 3.63) is 60.2 Å². The van der Waals surface area contributed by atoms with Gasteiger partial charge in [-0.15, -0.1) is 0 Å². The molecule has 1 aliphatic heterocycles. The fourth-order valence-electron chi connectivity index (χ4n) is 4.62. The number of hydrogen-bond acceptors (Lipinski definition) is 3. The summed E-state index contributed by atoms with van der Waals surface area (Å²) in [6, 6.07) is 18.3. The summed E-state index contributed by atoms with van der Waals surface area (Å²) in [5.74, 6) is -0.111. The number of esters is 1. The summed E-state index contributed by atoms with van der Waals surface area (Å²) >= 11 is 0. The first-order valence-corrected chi connectivity index (χ1v) is 16.2. The predicted octanol–water partition coefficient (Wildman–Crippen LogP) is 10.5. The highest BCUT2D eigenvalue weighted by atomic mass is 16.5. The van der Waals surface area contributed by atoms with Crippen LogP contribution in [0.3, 0.4) is 0 Å². The summed E-state index contributed by atoms with van der Waals surface area (Å²) in [6.07, 6.45) is 14.8. The second-order valence-corrected chi connectivity index (χ2v) is 9.85. The van der Waals surface area contributed by atoms with Crippen LogP contribution in [-0.4, -0.2) is 36.6 Å². The molecule has 0 N–H and O–H groups in total. The van der Waals surface area contributed by atoms with E-state index >= 15 is 0 Å². The van der Waals surface area contributed by atoms with Gasteiger partial charge in [0.25, 0.3) is 0 Å². The predicted molar refractivity (Wildman–Crippen MR) is 172 cm³/mol. The van der Waals surface area contributed by atoms with E-state index in [1.54, 1.807) is 0 Å². The van der Waals surface area contributed by atoms with Crippen LogP contribution in [0.5, 0.6) is 0 Å². The number of ether oxygens (including phenoxy) is 1. The number of piperidine rings is 1. The van der Waals surface area contributed by atoms with Crippen molar-refractivity contribution in [2.75, 3.05) is 19.6 Å². The van der Waals surface area contributed by atoms with E-state index in [9.17, 15) is 4.79 Å². The van der Waals surface area contributed by atoms with Gasteiger partial charge in [-0.2, -0.15) is 0 Å². The van der Waals surface area contributed by atoms with Gasteiger partial charge in [0, 0.05) is 13.1 Å². The molecular weight excluding hydrogens is 478 g/mol. The summed E-state index contributed by atoms with van der Waals surface area (Å²) in [7, 11) is 0. The van der Waals surface area contributed by atoms with Crippen LogP contribution in [0.25, 0.3) is 11.1 Å². The standard InChI is InChI=1S/C23H29NO2.C9H20.2C2H6/c1-2-3-15-24-16-13-21(14-17-24)26-23(25)18-20-11-7-8-12-22(20)19-9-5-4-6-10-19;1-3-5-7-9-8-6-4-2;2*1-2/h4-12,21H,2-3,13-18H2,1H3;3-9H2,1-2H3;2*1-2H3. The number of hydrogen-bond donors (Lipinski definition) is 0. The molecule has 0 aromatic heterocycles. The van der Waals surface area contributed by atoms with Gasteiger partial charge in [0.15, 0.2) is 0 Å². The molecule has 222 valence electrons. The van der Waals surface area contributed by atoms with Gasteiger partial charge in [0.2, 0.25) is 0 Å². The monoisotopic (exact) mass is 539 g/mol. The zero-order chi connectivity index (χ0) is 29.1. The first kappa shape index (κ1) is 36.9. The van der Waals surface area contributed by atoms with Gasteiger partial charge < -0.3 is 9.64 Å². The number of benzene rings is 2. The van der Waals surface area contributed by atoms with Gasteiger partial charge in [-0.25, -0.2) is 0 Å². The van der Waals surface area contributed by atoms with Gasteiger partial charge >= 0.3 is 5.97 Å². The third-order valence-electron chi connectivity index (χ3n) is 6.80. The van der Waals surface area contributed by atoms with Crippen LogP contribution < -0.4 is 0 Å². The molecule has 3 heteroatoms. The minimum atomic E-state index is -0.111. The number of carbonyl (C=O) groups excluding carboxylic acids is 1. The highest BCUT2D eigenvalue weighted by molar-refractivity contribution is 5.78. The summed E-state index contributed by atoms with van der Waals surface area (Å²) in [5, 5.41) is 0. The lowest BCUT2D eigenvalue weighted by molar-refractivity contribution is -0.150. The average molecular weight is 540 g/mol. The Kier molecular flexibility index (Phi) is 24.7. The number of unbranched alkanes of at least 4 members (excludes halogenated alkanes) is 7. The van der Waals surface area contributed by atoms with Gasteiger partial charge in [-0.1, -0.05) is 154 Å². The van der Waals surface area contributed by atoms with E-state index in [0.29, 0.717) is 6.42 Å². The Morgan fingerprint density at radius 1 is 0.718 bits per heavy atom. The molecule has 3 nitrogen and oxygen atoms in total. The van der Waals surface area contributed by atoms with Crippen molar-refractivity contribution in [3.63, 3.8) is 0 Å². The SMILES string of the molecule is CC.CC.CCCCCCCCC.CCCCN1CCC(OC(=O)Cc2ccccc2-c2ccccc2)CC1. The van der Waals surface area contributed by atoms with Crippen LogP contribution >= 0.6 is 0 Å². The molecule has 2 aromatic carbocycles. The lowest BCUT2D eigenvalue weighted by atomic mass is 9.98. The van der Waals surface area contributed by atoms with Crippen LogP contribution in [0, 0.1) is 0 Å². The molecule has 3 rings (SSSR count). The zero-order valence-electron chi connectivity index (χ0n) is 26.6. The van der Waals surface area contributed by atoms with Crippen molar-refractivity contribution >= 4 is 5.97 Å². The summed E-state index contributed by atoms with van der Waals surface area (Å²) in [5.41, 5.74) is 3.28. The molecule has 1 heterocycles. The second kappa shape index (κ2) is 26.1. The van der Waals surface area contributed by atoms with Crippen molar-refractivity contribution in [1.29, 1.82) is 0 Å². The van der Waals surface area contributed by atoms with E-state index in [1.807, 2.05) is 64.1 Å². The van der Waals surface area contributed by atoms with Gasteiger partial charge in [0.05, 0.1) is 6.42 Å². The molecule has 0 saturated carbocycles. The van der Waals surface area contributed by atoms with Crippen molar-refractivity contribution in [2.45, 2.75) is 132 Å². The van der Waals surface area contributed by atoms with Gasteiger partial charge in [-0.05, 0) is 42.5 Å². The highest BCUT2D eigenvalue weighted by Crippen LogP contribution is 2.24. The fourth-order valence-corrected chi connectivity index (χ4v) is 4.62. The number of carbonyl (C=O) groups is 1. The van der Waals surface area contributed by atoms with Crippen LogP contribution in [0.4, 0.5) is 0 Å². The second-order valence-electron chi connectivity index (χ2n) is 9.85. The smallest absolute Gasteiger partial charge is 0.310 e. The maximum absolute atomic E-state index is 12.5. The molecular formula is C36H61NO2. The Morgan fingerprint density at radius 2 is 1.23 bits per heavy atom. The van der Waals surface area contributed by atoms with Gasteiger partial charge in [-0.3, -0.25) is 4.79 Å². The Bertz CT molecular complexity index is 791. The van der Waals surface area contributed by atoms with E-state index in [-0.39, 0.29) is 12.1 Å². The number of rotatable bonds is 13. The molecule has 1 fully saturated rings. The van der Waals surface area contributed by atoms with E-state index in [1.165, 1.54) is 64.3 Å². The molecule has 0 amide bonds. The van der Waals surface area contributed by atoms with Crippen LogP contribution in [0.15, 0.2) is 54.6 Å². The van der Waals surface area contributed by atoms with Crippen molar-refractivity contribution in [1.82, 2.24) is 4.90 Å². The minimum Gasteiger partial charge on any atom is -0.462 e. The molecule has 1 aliphatic rings. The largest absolute Gasteiger partial charge is 0.462 e. The average Bonchev–Trinajstić information content (AvgIpc) is 3.00. The molecule has 0 bridgehead atoms. The molecule has 0 atom stereocenters. The van der Waals surface area contributed by atoms with Gasteiger partial charge in [0.1, 0.15) is 6.10 Å².